The van der Waals surface area contributed by atoms with Gasteiger partial charge in [-0.25, -0.2) is 0 Å². The van der Waals surface area contributed by atoms with E-state index >= 15 is 0 Å². The molecular formula is C19H22BNO3. The number of rotatable bonds is 2. The van der Waals surface area contributed by atoms with Crippen LogP contribution in [0.1, 0.15) is 27.7 Å². The van der Waals surface area contributed by atoms with Crippen LogP contribution in [0, 0.1) is 0 Å². The fourth-order valence-corrected chi connectivity index (χ4v) is 3.22. The van der Waals surface area contributed by atoms with Gasteiger partial charge in [0.2, 0.25) is 0 Å². The van der Waals surface area contributed by atoms with E-state index in [4.69, 9.17) is 14.0 Å². The zero-order valence-corrected chi connectivity index (χ0v) is 14.8. The van der Waals surface area contributed by atoms with E-state index in [-0.39, 0.29) is 18.3 Å². The highest BCUT2D eigenvalue weighted by Crippen LogP contribution is 2.37. The minimum absolute atomic E-state index is 0.352. The predicted octanol–water partition coefficient (Wildman–Crippen LogP) is 3.63. The minimum Gasteiger partial charge on any atom is -0.497 e. The average Bonchev–Trinajstić information content (AvgIpc) is 3.00. The lowest BCUT2D eigenvalue weighted by molar-refractivity contribution is 0.00578. The van der Waals surface area contributed by atoms with Crippen LogP contribution in [-0.4, -0.2) is 30.4 Å². The van der Waals surface area contributed by atoms with Crippen molar-refractivity contribution in [2.24, 2.45) is 0 Å². The van der Waals surface area contributed by atoms with Gasteiger partial charge in [-0.1, -0.05) is 18.2 Å². The number of methoxy groups -OCH3 is 1. The number of para-hydroxylation sites is 1. The monoisotopic (exact) mass is 323 g/mol. The van der Waals surface area contributed by atoms with Crippen molar-refractivity contribution in [2.45, 2.75) is 38.9 Å². The van der Waals surface area contributed by atoms with Gasteiger partial charge in [0, 0.05) is 27.8 Å². The number of benzene rings is 2. The Morgan fingerprint density at radius 2 is 1.67 bits per heavy atom. The van der Waals surface area contributed by atoms with Crippen molar-refractivity contribution in [3.05, 3.63) is 36.4 Å². The van der Waals surface area contributed by atoms with E-state index in [0.29, 0.717) is 0 Å². The first-order valence-corrected chi connectivity index (χ1v) is 8.26. The first-order valence-electron chi connectivity index (χ1n) is 8.26. The smallest absolute Gasteiger partial charge is 0.497 e. The standard InChI is InChI=1S/C19H22BNO3/c1-18(2)19(3,4)24-20(23-18)15-8-6-7-14-13-10-9-12(22-5)11-16(13)21-17(14)15/h6-11,21H,1-5H3. The van der Waals surface area contributed by atoms with Crippen molar-refractivity contribution in [1.82, 2.24) is 4.98 Å². The summed E-state index contributed by atoms with van der Waals surface area (Å²) in [6, 6.07) is 12.3. The largest absolute Gasteiger partial charge is 0.497 e. The molecule has 0 unspecified atom stereocenters. The molecule has 4 nitrogen and oxygen atoms in total. The Hall–Kier alpha value is -1.98. The molecule has 0 bridgehead atoms. The molecule has 1 N–H and O–H groups in total. The summed E-state index contributed by atoms with van der Waals surface area (Å²) in [5, 5.41) is 2.34. The van der Waals surface area contributed by atoms with E-state index in [0.717, 1.165) is 22.2 Å². The van der Waals surface area contributed by atoms with Crippen LogP contribution in [0.3, 0.4) is 0 Å². The summed E-state index contributed by atoms with van der Waals surface area (Å²) in [6.07, 6.45) is 0. The molecule has 24 heavy (non-hydrogen) atoms. The van der Waals surface area contributed by atoms with E-state index in [1.165, 1.54) is 10.8 Å². The molecule has 2 aromatic carbocycles. The molecule has 2 heterocycles. The van der Waals surface area contributed by atoms with Gasteiger partial charge in [0.1, 0.15) is 5.75 Å². The van der Waals surface area contributed by atoms with Gasteiger partial charge in [0.05, 0.1) is 23.8 Å². The van der Waals surface area contributed by atoms with Crippen LogP contribution < -0.4 is 10.2 Å². The van der Waals surface area contributed by atoms with Gasteiger partial charge in [-0.2, -0.15) is 0 Å². The number of hydrogen-bond donors (Lipinski definition) is 1. The topological polar surface area (TPSA) is 43.5 Å². The van der Waals surface area contributed by atoms with Crippen LogP contribution in [0.15, 0.2) is 36.4 Å². The van der Waals surface area contributed by atoms with E-state index < -0.39 is 0 Å². The molecular weight excluding hydrogens is 301 g/mol. The van der Waals surface area contributed by atoms with Crippen molar-refractivity contribution in [3.63, 3.8) is 0 Å². The summed E-state index contributed by atoms with van der Waals surface area (Å²) >= 11 is 0. The van der Waals surface area contributed by atoms with Gasteiger partial charge >= 0.3 is 7.12 Å². The maximum absolute atomic E-state index is 6.23. The molecule has 1 fully saturated rings. The molecule has 0 amide bonds. The lowest BCUT2D eigenvalue weighted by Gasteiger charge is -2.32. The third-order valence-corrected chi connectivity index (χ3v) is 5.38. The van der Waals surface area contributed by atoms with Crippen molar-refractivity contribution in [2.75, 3.05) is 7.11 Å². The van der Waals surface area contributed by atoms with Crippen molar-refractivity contribution in [1.29, 1.82) is 0 Å². The molecule has 1 aliphatic heterocycles. The maximum Gasteiger partial charge on any atom is 0.497 e. The van der Waals surface area contributed by atoms with Crippen LogP contribution >= 0.6 is 0 Å². The summed E-state index contributed by atoms with van der Waals surface area (Å²) < 4.78 is 17.8. The quantitative estimate of drug-likeness (QED) is 0.733. The summed E-state index contributed by atoms with van der Waals surface area (Å²) in [5.41, 5.74) is 2.43. The summed E-state index contributed by atoms with van der Waals surface area (Å²) in [5.74, 6) is 0.839. The van der Waals surface area contributed by atoms with Crippen LogP contribution in [-0.2, 0) is 9.31 Å². The molecule has 4 rings (SSSR count). The maximum atomic E-state index is 6.23. The number of ether oxygens (including phenoxy) is 1. The highest BCUT2D eigenvalue weighted by atomic mass is 16.7. The van der Waals surface area contributed by atoms with Gasteiger partial charge in [-0.3, -0.25) is 0 Å². The minimum atomic E-state index is -0.381. The molecule has 0 spiro atoms. The fraction of sp³-hybridized carbons (Fsp3) is 0.368. The first kappa shape index (κ1) is 15.5. The van der Waals surface area contributed by atoms with E-state index in [1.807, 2.05) is 12.1 Å². The highest BCUT2D eigenvalue weighted by Gasteiger charge is 2.52. The molecule has 124 valence electrons. The second kappa shape index (κ2) is 5.01. The fourth-order valence-electron chi connectivity index (χ4n) is 3.22. The lowest BCUT2D eigenvalue weighted by Crippen LogP contribution is -2.41. The van der Waals surface area contributed by atoms with E-state index in [1.54, 1.807) is 7.11 Å². The number of fused-ring (bicyclic) bond motifs is 3. The van der Waals surface area contributed by atoms with Crippen LogP contribution in [0.4, 0.5) is 0 Å². The van der Waals surface area contributed by atoms with Gasteiger partial charge in [-0.15, -0.1) is 0 Å². The van der Waals surface area contributed by atoms with Crippen LogP contribution in [0.2, 0.25) is 0 Å². The Morgan fingerprint density at radius 3 is 2.33 bits per heavy atom. The van der Waals surface area contributed by atoms with Crippen molar-refractivity contribution >= 4 is 34.4 Å². The Labute approximate surface area is 142 Å². The van der Waals surface area contributed by atoms with Gasteiger partial charge in [0.25, 0.3) is 0 Å². The normalized spacial score (nSPS) is 19.3. The van der Waals surface area contributed by atoms with E-state index in [9.17, 15) is 0 Å². The summed E-state index contributed by atoms with van der Waals surface area (Å²) in [6.45, 7) is 8.29. The van der Waals surface area contributed by atoms with Crippen molar-refractivity contribution in [3.8, 4) is 5.75 Å². The number of hydrogen-bond acceptors (Lipinski definition) is 3. The molecule has 3 aromatic rings. The molecule has 0 aliphatic carbocycles. The Kier molecular flexibility index (Phi) is 3.24. The van der Waals surface area contributed by atoms with Crippen LogP contribution in [0.25, 0.3) is 21.8 Å². The average molecular weight is 323 g/mol. The molecule has 0 radical (unpaired) electrons. The molecule has 5 heteroatoms. The first-order chi connectivity index (χ1) is 11.3. The number of aromatic amines is 1. The van der Waals surface area contributed by atoms with Gasteiger partial charge < -0.3 is 19.0 Å². The second-order valence-electron chi connectivity index (χ2n) is 7.39. The Bertz CT molecular complexity index is 913. The lowest BCUT2D eigenvalue weighted by atomic mass is 9.78. The zero-order chi connectivity index (χ0) is 17.1. The van der Waals surface area contributed by atoms with E-state index in [2.05, 4.69) is 56.9 Å². The zero-order valence-electron chi connectivity index (χ0n) is 14.8. The van der Waals surface area contributed by atoms with Gasteiger partial charge in [0.15, 0.2) is 0 Å². The molecule has 0 atom stereocenters. The van der Waals surface area contributed by atoms with Crippen molar-refractivity contribution < 1.29 is 14.0 Å². The molecule has 1 saturated heterocycles. The molecule has 1 aliphatic rings. The summed E-state index contributed by atoms with van der Waals surface area (Å²) in [4.78, 5) is 3.51. The summed E-state index contributed by atoms with van der Waals surface area (Å²) in [7, 11) is 1.30. The number of nitrogens with one attached hydrogen (secondary N) is 1. The molecule has 0 saturated carbocycles. The third kappa shape index (κ3) is 2.15. The SMILES string of the molecule is COc1ccc2c(c1)[nH]c1c(B3OC(C)(C)C(C)(C)O3)cccc12. The van der Waals surface area contributed by atoms with Crippen LogP contribution in [0.5, 0.6) is 5.75 Å². The highest BCUT2D eigenvalue weighted by molar-refractivity contribution is 6.65. The predicted molar refractivity (Wildman–Crippen MR) is 98.1 cm³/mol. The Morgan fingerprint density at radius 1 is 0.958 bits per heavy atom. The second-order valence-corrected chi connectivity index (χ2v) is 7.39. The van der Waals surface area contributed by atoms with Gasteiger partial charge in [-0.05, 0) is 39.8 Å². The molecule has 1 aromatic heterocycles. The Balaban J connectivity index is 1.88. The number of aromatic nitrogens is 1. The third-order valence-electron chi connectivity index (χ3n) is 5.38. The number of H-pyrrole nitrogens is 1.